The number of hydrogen-bond acceptors (Lipinski definition) is 3. The fourth-order valence-electron chi connectivity index (χ4n) is 2.14. The molecular weight excluding hydrogens is 411 g/mol. The minimum Gasteiger partial charge on any atom is -0.475 e. The third kappa shape index (κ3) is 6.65. The Morgan fingerprint density at radius 3 is 2.56 bits per heavy atom. The molecule has 1 unspecified atom stereocenters. The number of carbonyl (C=O) groups is 1. The summed E-state index contributed by atoms with van der Waals surface area (Å²) in [5, 5.41) is 5.99. The van der Waals surface area contributed by atoms with Crippen molar-refractivity contribution in [3.8, 4) is 5.75 Å². The molecule has 2 aromatic carbocycles. The van der Waals surface area contributed by atoms with E-state index in [2.05, 4.69) is 26.6 Å². The standard InChI is InChI=1S/C18H20BrFN2O2.ClH/c1-2-21-10-11-22-18(23)17(13-6-4-3-5-7-13)24-16-9-8-14(20)12-15(16)19;/h3-9,12,17,21H,2,10-11H2,1H3,(H,22,23);1H. The molecule has 0 bridgehead atoms. The van der Waals surface area contributed by atoms with Crippen molar-refractivity contribution in [1.82, 2.24) is 10.6 Å². The number of benzene rings is 2. The fourth-order valence-corrected chi connectivity index (χ4v) is 2.59. The van der Waals surface area contributed by atoms with Crippen LogP contribution in [0, 0.1) is 5.82 Å². The van der Waals surface area contributed by atoms with Crippen molar-refractivity contribution in [1.29, 1.82) is 0 Å². The predicted octanol–water partition coefficient (Wildman–Crippen LogP) is 3.86. The Kier molecular flexibility index (Phi) is 9.49. The Bertz CT molecular complexity index is 673. The van der Waals surface area contributed by atoms with Gasteiger partial charge in [0, 0.05) is 18.7 Å². The molecule has 0 spiro atoms. The predicted molar refractivity (Wildman–Crippen MR) is 103 cm³/mol. The Morgan fingerprint density at radius 1 is 1.20 bits per heavy atom. The lowest BCUT2D eigenvalue weighted by molar-refractivity contribution is -0.128. The second-order valence-electron chi connectivity index (χ2n) is 5.13. The van der Waals surface area contributed by atoms with E-state index in [1.807, 2.05) is 37.3 Å². The molecule has 0 radical (unpaired) electrons. The van der Waals surface area contributed by atoms with E-state index in [9.17, 15) is 9.18 Å². The van der Waals surface area contributed by atoms with E-state index in [0.29, 0.717) is 23.3 Å². The maximum atomic E-state index is 13.2. The van der Waals surface area contributed by atoms with Crippen LogP contribution in [0.3, 0.4) is 0 Å². The van der Waals surface area contributed by atoms with Gasteiger partial charge in [0.1, 0.15) is 11.6 Å². The van der Waals surface area contributed by atoms with Crippen LogP contribution in [0.4, 0.5) is 4.39 Å². The number of rotatable bonds is 8. The monoisotopic (exact) mass is 430 g/mol. The molecule has 4 nitrogen and oxygen atoms in total. The number of nitrogens with one attached hydrogen (secondary N) is 2. The van der Waals surface area contributed by atoms with Crippen molar-refractivity contribution < 1.29 is 13.9 Å². The lowest BCUT2D eigenvalue weighted by Gasteiger charge is -2.20. The lowest BCUT2D eigenvalue weighted by Crippen LogP contribution is -2.36. The number of likely N-dealkylation sites (N-methyl/N-ethyl adjacent to an activating group) is 1. The molecule has 1 amide bonds. The first-order valence-electron chi connectivity index (χ1n) is 7.77. The minimum absolute atomic E-state index is 0. The first-order valence-corrected chi connectivity index (χ1v) is 8.56. The van der Waals surface area contributed by atoms with Crippen molar-refractivity contribution in [2.45, 2.75) is 13.0 Å². The molecule has 7 heteroatoms. The van der Waals surface area contributed by atoms with Crippen LogP contribution < -0.4 is 15.4 Å². The minimum atomic E-state index is -0.811. The topological polar surface area (TPSA) is 50.4 Å². The Labute approximate surface area is 161 Å². The van der Waals surface area contributed by atoms with E-state index in [4.69, 9.17) is 4.74 Å². The lowest BCUT2D eigenvalue weighted by atomic mass is 10.1. The Hall–Kier alpha value is -1.63. The van der Waals surface area contributed by atoms with Gasteiger partial charge in [0.25, 0.3) is 5.91 Å². The van der Waals surface area contributed by atoms with Crippen molar-refractivity contribution in [3.63, 3.8) is 0 Å². The van der Waals surface area contributed by atoms with Crippen LogP contribution in [0.15, 0.2) is 53.0 Å². The molecule has 2 rings (SSSR count). The summed E-state index contributed by atoms with van der Waals surface area (Å²) >= 11 is 3.26. The summed E-state index contributed by atoms with van der Waals surface area (Å²) in [7, 11) is 0. The quantitative estimate of drug-likeness (QED) is 0.624. The van der Waals surface area contributed by atoms with Gasteiger partial charge in [0.2, 0.25) is 6.10 Å². The van der Waals surface area contributed by atoms with Crippen LogP contribution in [0.5, 0.6) is 5.75 Å². The van der Waals surface area contributed by atoms with Gasteiger partial charge < -0.3 is 15.4 Å². The van der Waals surface area contributed by atoms with Crippen LogP contribution in [0.2, 0.25) is 0 Å². The molecule has 136 valence electrons. The highest BCUT2D eigenvalue weighted by Gasteiger charge is 2.23. The molecule has 2 aromatic rings. The summed E-state index contributed by atoms with van der Waals surface area (Å²) in [4.78, 5) is 12.5. The van der Waals surface area contributed by atoms with Crippen LogP contribution in [-0.4, -0.2) is 25.5 Å². The van der Waals surface area contributed by atoms with E-state index in [0.717, 1.165) is 12.1 Å². The molecule has 0 saturated heterocycles. The van der Waals surface area contributed by atoms with Crippen LogP contribution >= 0.6 is 28.3 Å². The van der Waals surface area contributed by atoms with Gasteiger partial charge in [-0.15, -0.1) is 12.4 Å². The number of carbonyl (C=O) groups excluding carboxylic acids is 1. The highest BCUT2D eigenvalue weighted by Crippen LogP contribution is 2.30. The van der Waals surface area contributed by atoms with Crippen molar-refractivity contribution in [2.24, 2.45) is 0 Å². The summed E-state index contributed by atoms with van der Waals surface area (Å²) < 4.78 is 19.6. The highest BCUT2D eigenvalue weighted by molar-refractivity contribution is 9.10. The van der Waals surface area contributed by atoms with Gasteiger partial charge in [-0.3, -0.25) is 4.79 Å². The SMILES string of the molecule is CCNCCNC(=O)C(Oc1ccc(F)cc1Br)c1ccccc1.Cl. The van der Waals surface area contributed by atoms with Crippen LogP contribution in [0.1, 0.15) is 18.6 Å². The zero-order valence-corrected chi connectivity index (χ0v) is 16.2. The van der Waals surface area contributed by atoms with Gasteiger partial charge in [0.15, 0.2) is 0 Å². The normalized spacial score (nSPS) is 11.3. The highest BCUT2D eigenvalue weighted by atomic mass is 79.9. The maximum Gasteiger partial charge on any atom is 0.265 e. The third-order valence-corrected chi connectivity index (χ3v) is 3.95. The van der Waals surface area contributed by atoms with Crippen molar-refractivity contribution >= 4 is 34.2 Å². The summed E-state index contributed by atoms with van der Waals surface area (Å²) in [6.45, 7) is 4.04. The fraction of sp³-hybridized carbons (Fsp3) is 0.278. The molecule has 0 aromatic heterocycles. The second kappa shape index (κ2) is 11.1. The smallest absolute Gasteiger partial charge is 0.265 e. The van der Waals surface area contributed by atoms with Gasteiger partial charge in [-0.05, 0) is 40.7 Å². The van der Waals surface area contributed by atoms with E-state index in [1.165, 1.54) is 18.2 Å². The Balaban J connectivity index is 0.00000312. The number of halogens is 3. The molecule has 0 heterocycles. The third-order valence-electron chi connectivity index (χ3n) is 3.33. The molecule has 25 heavy (non-hydrogen) atoms. The molecule has 0 aliphatic carbocycles. The molecule has 1 atom stereocenters. The summed E-state index contributed by atoms with van der Waals surface area (Å²) in [5.74, 6) is -0.206. The van der Waals surface area contributed by atoms with Gasteiger partial charge in [-0.2, -0.15) is 0 Å². The summed E-state index contributed by atoms with van der Waals surface area (Å²) in [5.41, 5.74) is 0.731. The van der Waals surface area contributed by atoms with E-state index in [1.54, 1.807) is 0 Å². The first kappa shape index (κ1) is 21.4. The van der Waals surface area contributed by atoms with Gasteiger partial charge in [-0.1, -0.05) is 37.3 Å². The van der Waals surface area contributed by atoms with E-state index < -0.39 is 6.10 Å². The summed E-state index contributed by atoms with van der Waals surface area (Å²) in [6, 6.07) is 13.3. The summed E-state index contributed by atoms with van der Waals surface area (Å²) in [6.07, 6.45) is -0.811. The van der Waals surface area contributed by atoms with Crippen molar-refractivity contribution in [2.75, 3.05) is 19.6 Å². The van der Waals surface area contributed by atoms with E-state index in [-0.39, 0.29) is 24.1 Å². The van der Waals surface area contributed by atoms with E-state index >= 15 is 0 Å². The van der Waals surface area contributed by atoms with Gasteiger partial charge >= 0.3 is 0 Å². The second-order valence-corrected chi connectivity index (χ2v) is 5.98. The van der Waals surface area contributed by atoms with Crippen LogP contribution in [-0.2, 0) is 4.79 Å². The molecule has 0 saturated carbocycles. The molecule has 0 aliphatic heterocycles. The Morgan fingerprint density at radius 2 is 1.92 bits per heavy atom. The average Bonchev–Trinajstić information content (AvgIpc) is 2.58. The number of hydrogen-bond donors (Lipinski definition) is 2. The zero-order valence-electron chi connectivity index (χ0n) is 13.8. The maximum absolute atomic E-state index is 13.2. The molecule has 0 fully saturated rings. The van der Waals surface area contributed by atoms with Gasteiger partial charge in [0.05, 0.1) is 4.47 Å². The average molecular weight is 432 g/mol. The number of amides is 1. The first-order chi connectivity index (χ1) is 11.6. The van der Waals surface area contributed by atoms with Crippen molar-refractivity contribution in [3.05, 3.63) is 64.4 Å². The molecule has 2 N–H and O–H groups in total. The zero-order chi connectivity index (χ0) is 17.4. The molecule has 0 aliphatic rings. The van der Waals surface area contributed by atoms with Gasteiger partial charge in [-0.25, -0.2) is 4.39 Å². The van der Waals surface area contributed by atoms with Crippen LogP contribution in [0.25, 0.3) is 0 Å². The molecular formula is C18H21BrClFN2O2. The largest absolute Gasteiger partial charge is 0.475 e. The number of ether oxygens (including phenoxy) is 1.